The molecule has 0 aromatic carbocycles. The summed E-state index contributed by atoms with van der Waals surface area (Å²) >= 11 is 5.79. The summed E-state index contributed by atoms with van der Waals surface area (Å²) in [6, 6.07) is 0.0266. The number of aryl methyl sites for hydroxylation is 1. The second-order valence-corrected chi connectivity index (χ2v) is 7.46. The molecule has 1 aromatic heterocycles. The van der Waals surface area contributed by atoms with Crippen LogP contribution in [0.5, 0.6) is 0 Å². The number of alkyl halides is 1. The van der Waals surface area contributed by atoms with Crippen molar-refractivity contribution in [3.8, 4) is 0 Å². The summed E-state index contributed by atoms with van der Waals surface area (Å²) < 4.78 is 27.2. The van der Waals surface area contributed by atoms with Crippen molar-refractivity contribution in [3.63, 3.8) is 0 Å². The lowest BCUT2D eigenvalue weighted by molar-refractivity contribution is 0.218. The molecular weight excluding hydrogens is 286 g/mol. The van der Waals surface area contributed by atoms with E-state index in [1.54, 1.807) is 11.2 Å². The number of hydrogen-bond donors (Lipinski definition) is 1. The van der Waals surface area contributed by atoms with E-state index in [1.165, 1.54) is 0 Å². The molecule has 2 rings (SSSR count). The predicted molar refractivity (Wildman–Crippen MR) is 74.6 cm³/mol. The first-order valence-corrected chi connectivity index (χ1v) is 8.47. The van der Waals surface area contributed by atoms with Gasteiger partial charge in [0.1, 0.15) is 4.90 Å². The highest BCUT2D eigenvalue weighted by Crippen LogP contribution is 2.30. The minimum Gasteiger partial charge on any atom is -0.281 e. The Morgan fingerprint density at radius 2 is 2.11 bits per heavy atom. The van der Waals surface area contributed by atoms with Crippen LogP contribution >= 0.6 is 11.6 Å². The molecule has 108 valence electrons. The molecule has 1 fully saturated rings. The first-order chi connectivity index (χ1) is 8.87. The highest BCUT2D eigenvalue weighted by Gasteiger charge is 2.36. The van der Waals surface area contributed by atoms with Crippen molar-refractivity contribution in [2.45, 2.75) is 50.4 Å². The number of nitrogens with one attached hydrogen (secondary N) is 1. The van der Waals surface area contributed by atoms with Crippen molar-refractivity contribution in [2.24, 2.45) is 5.92 Å². The van der Waals surface area contributed by atoms with Gasteiger partial charge in [0, 0.05) is 12.6 Å². The number of H-pyrrole nitrogens is 1. The molecule has 2 unspecified atom stereocenters. The fraction of sp³-hybridized carbons (Fsp3) is 0.750. The first kappa shape index (κ1) is 14.8. The van der Waals surface area contributed by atoms with Crippen molar-refractivity contribution in [1.29, 1.82) is 0 Å². The molecule has 0 amide bonds. The average molecular weight is 306 g/mol. The maximum absolute atomic E-state index is 12.8. The van der Waals surface area contributed by atoms with Crippen molar-refractivity contribution < 1.29 is 8.42 Å². The maximum atomic E-state index is 12.8. The standard InChI is InChI=1S/C12H20ClN3O2S/c1-8-4-5-9(2)16(7-8)19(17,18)12-10(3)14-15-11(12)6-13/h8-9H,4-7H2,1-3H3,(H,14,15). The number of rotatable bonds is 3. The van der Waals surface area contributed by atoms with Crippen molar-refractivity contribution in [1.82, 2.24) is 14.5 Å². The quantitative estimate of drug-likeness (QED) is 0.871. The zero-order valence-electron chi connectivity index (χ0n) is 11.5. The van der Waals surface area contributed by atoms with Gasteiger partial charge in [0.15, 0.2) is 0 Å². The van der Waals surface area contributed by atoms with E-state index in [1.807, 2.05) is 6.92 Å². The van der Waals surface area contributed by atoms with E-state index >= 15 is 0 Å². The Morgan fingerprint density at radius 3 is 2.74 bits per heavy atom. The molecule has 0 aliphatic carbocycles. The van der Waals surface area contributed by atoms with Gasteiger partial charge in [-0.1, -0.05) is 6.92 Å². The zero-order chi connectivity index (χ0) is 14.2. The average Bonchev–Trinajstić information content (AvgIpc) is 2.74. The van der Waals surface area contributed by atoms with Gasteiger partial charge < -0.3 is 0 Å². The van der Waals surface area contributed by atoms with Gasteiger partial charge in [-0.15, -0.1) is 11.6 Å². The lowest BCUT2D eigenvalue weighted by Gasteiger charge is -2.35. The third-order valence-corrected chi connectivity index (χ3v) is 6.15. The van der Waals surface area contributed by atoms with Gasteiger partial charge in [0.05, 0.1) is 17.3 Å². The third-order valence-electron chi connectivity index (χ3n) is 3.71. The zero-order valence-corrected chi connectivity index (χ0v) is 13.1. The smallest absolute Gasteiger partial charge is 0.247 e. The Labute approximate surface area is 119 Å². The second kappa shape index (κ2) is 5.42. The molecule has 1 aliphatic rings. The molecule has 0 spiro atoms. The summed E-state index contributed by atoms with van der Waals surface area (Å²) in [6.45, 7) is 6.32. The summed E-state index contributed by atoms with van der Waals surface area (Å²) in [5.41, 5.74) is 0.964. The molecule has 2 heterocycles. The van der Waals surface area contributed by atoms with Crippen molar-refractivity contribution >= 4 is 21.6 Å². The number of halogens is 1. The lowest BCUT2D eigenvalue weighted by atomic mass is 9.97. The normalized spacial score (nSPS) is 25.7. The summed E-state index contributed by atoms with van der Waals surface area (Å²) in [7, 11) is -3.52. The molecule has 19 heavy (non-hydrogen) atoms. The van der Waals surface area contributed by atoms with Gasteiger partial charge in [-0.3, -0.25) is 5.10 Å². The molecule has 7 heteroatoms. The van der Waals surface area contributed by atoms with E-state index in [2.05, 4.69) is 17.1 Å². The Hall–Kier alpha value is -0.590. The van der Waals surface area contributed by atoms with E-state index in [0.29, 0.717) is 23.9 Å². The van der Waals surface area contributed by atoms with Crippen LogP contribution in [0, 0.1) is 12.8 Å². The van der Waals surface area contributed by atoms with E-state index < -0.39 is 10.0 Å². The Kier molecular flexibility index (Phi) is 4.23. The summed E-state index contributed by atoms with van der Waals surface area (Å²) in [4.78, 5) is 0.253. The Morgan fingerprint density at radius 1 is 1.42 bits per heavy atom. The van der Waals surface area contributed by atoms with E-state index in [-0.39, 0.29) is 16.8 Å². The predicted octanol–water partition coefficient (Wildman–Crippen LogP) is 2.27. The topological polar surface area (TPSA) is 66.1 Å². The highest BCUT2D eigenvalue weighted by molar-refractivity contribution is 7.89. The molecule has 5 nitrogen and oxygen atoms in total. The fourth-order valence-electron chi connectivity index (χ4n) is 2.60. The molecule has 2 atom stereocenters. The van der Waals surface area contributed by atoms with Gasteiger partial charge >= 0.3 is 0 Å². The SMILES string of the molecule is Cc1[nH]nc(CCl)c1S(=O)(=O)N1CC(C)CCC1C. The fourth-order valence-corrected chi connectivity index (χ4v) is 4.99. The van der Waals surface area contributed by atoms with E-state index in [9.17, 15) is 8.42 Å². The van der Waals surface area contributed by atoms with Crippen molar-refractivity contribution in [3.05, 3.63) is 11.4 Å². The van der Waals surface area contributed by atoms with Crippen LogP contribution in [0.25, 0.3) is 0 Å². The van der Waals surface area contributed by atoms with Crippen LogP contribution in [0.2, 0.25) is 0 Å². The molecule has 1 N–H and O–H groups in total. The number of piperidine rings is 1. The van der Waals surface area contributed by atoms with Gasteiger partial charge in [-0.25, -0.2) is 8.42 Å². The molecule has 0 saturated carbocycles. The molecular formula is C12H20ClN3O2S. The largest absolute Gasteiger partial charge is 0.281 e. The van der Waals surface area contributed by atoms with Crippen LogP contribution in [0.1, 0.15) is 38.1 Å². The Bertz CT molecular complexity index is 555. The van der Waals surface area contributed by atoms with Gasteiger partial charge in [-0.05, 0) is 32.6 Å². The summed E-state index contributed by atoms with van der Waals surface area (Å²) in [5, 5.41) is 6.70. The first-order valence-electron chi connectivity index (χ1n) is 6.49. The number of hydrogen-bond acceptors (Lipinski definition) is 3. The maximum Gasteiger partial charge on any atom is 0.247 e. The van der Waals surface area contributed by atoms with Gasteiger partial charge in [0.25, 0.3) is 0 Å². The van der Waals surface area contributed by atoms with Crippen LogP contribution < -0.4 is 0 Å². The monoisotopic (exact) mass is 305 g/mol. The summed E-state index contributed by atoms with van der Waals surface area (Å²) in [6.07, 6.45) is 1.97. The van der Waals surface area contributed by atoms with Crippen LogP contribution in [-0.4, -0.2) is 35.5 Å². The van der Waals surface area contributed by atoms with Crippen molar-refractivity contribution in [2.75, 3.05) is 6.54 Å². The highest BCUT2D eigenvalue weighted by atomic mass is 35.5. The van der Waals surface area contributed by atoms with Crippen LogP contribution in [0.15, 0.2) is 4.90 Å². The second-order valence-electron chi connectivity index (χ2n) is 5.36. The van der Waals surface area contributed by atoms with Crippen LogP contribution in [0.3, 0.4) is 0 Å². The molecule has 1 aliphatic heterocycles. The molecule has 0 bridgehead atoms. The van der Waals surface area contributed by atoms with Crippen LogP contribution in [-0.2, 0) is 15.9 Å². The lowest BCUT2D eigenvalue weighted by Crippen LogP contribution is -2.45. The number of sulfonamides is 1. The number of nitrogens with zero attached hydrogens (tertiary/aromatic N) is 2. The van der Waals surface area contributed by atoms with Gasteiger partial charge in [0.2, 0.25) is 10.0 Å². The minimum absolute atomic E-state index is 0.0266. The minimum atomic E-state index is -3.52. The van der Waals surface area contributed by atoms with Crippen LogP contribution in [0.4, 0.5) is 0 Å². The van der Waals surface area contributed by atoms with E-state index in [4.69, 9.17) is 11.6 Å². The third kappa shape index (κ3) is 2.66. The number of aromatic amines is 1. The number of aromatic nitrogens is 2. The molecule has 1 saturated heterocycles. The Balaban J connectivity index is 2.44. The molecule has 1 aromatic rings. The van der Waals surface area contributed by atoms with E-state index in [0.717, 1.165) is 12.8 Å². The van der Waals surface area contributed by atoms with Gasteiger partial charge in [-0.2, -0.15) is 9.40 Å². The summed E-state index contributed by atoms with van der Waals surface area (Å²) in [5.74, 6) is 0.481. The molecule has 0 radical (unpaired) electrons.